The molecule has 7 heteroatoms. The second-order valence-corrected chi connectivity index (χ2v) is 5.04. The molecule has 0 aliphatic carbocycles. The second kappa shape index (κ2) is 5.03. The lowest BCUT2D eigenvalue weighted by molar-refractivity contribution is 0.0362. The molecule has 0 radical (unpaired) electrons. The van der Waals surface area contributed by atoms with E-state index < -0.39 is 11.5 Å². The third-order valence-electron chi connectivity index (χ3n) is 2.79. The molecule has 6 nitrogen and oxygen atoms in total. The normalized spacial score (nSPS) is 11.1. The van der Waals surface area contributed by atoms with Gasteiger partial charge in [0, 0.05) is 6.20 Å². The summed E-state index contributed by atoms with van der Waals surface area (Å²) in [6.07, 6.45) is 1.28. The van der Waals surface area contributed by atoms with E-state index in [1.165, 1.54) is 21.9 Å². The minimum absolute atomic E-state index is 0.0421. The number of aromatic nitrogens is 2. The van der Waals surface area contributed by atoms with Crippen LogP contribution in [0.4, 0.5) is 0 Å². The van der Waals surface area contributed by atoms with Crippen LogP contribution in [0, 0.1) is 0 Å². The molecule has 20 heavy (non-hydrogen) atoms. The van der Waals surface area contributed by atoms with Gasteiger partial charge in [0.15, 0.2) is 4.96 Å². The Kier molecular flexibility index (Phi) is 3.21. The van der Waals surface area contributed by atoms with Crippen LogP contribution in [0.2, 0.25) is 0 Å². The van der Waals surface area contributed by atoms with E-state index in [4.69, 9.17) is 4.84 Å². The predicted molar refractivity (Wildman–Crippen MR) is 75.9 cm³/mol. The summed E-state index contributed by atoms with van der Waals surface area (Å²) in [6.45, 7) is 2.06. The van der Waals surface area contributed by atoms with Crippen LogP contribution in [0.25, 0.3) is 15.2 Å². The monoisotopic (exact) mass is 289 g/mol. The molecule has 0 saturated heterocycles. The first kappa shape index (κ1) is 12.8. The Morgan fingerprint density at radius 1 is 1.45 bits per heavy atom. The number of nitrogens with one attached hydrogen (secondary N) is 1. The molecule has 0 bridgehead atoms. The van der Waals surface area contributed by atoms with E-state index >= 15 is 0 Å². The maximum atomic E-state index is 12.4. The van der Waals surface area contributed by atoms with Gasteiger partial charge in [0.1, 0.15) is 5.56 Å². The van der Waals surface area contributed by atoms with Crippen molar-refractivity contribution in [2.75, 3.05) is 6.61 Å². The molecule has 3 aromatic rings. The Morgan fingerprint density at radius 2 is 2.25 bits per heavy atom. The van der Waals surface area contributed by atoms with Crippen LogP contribution in [0.5, 0.6) is 0 Å². The van der Waals surface area contributed by atoms with Gasteiger partial charge < -0.3 is 0 Å². The lowest BCUT2D eigenvalue weighted by Crippen LogP contribution is -2.31. The fourth-order valence-corrected chi connectivity index (χ4v) is 2.88. The average Bonchev–Trinajstić information content (AvgIpc) is 2.84. The zero-order valence-electron chi connectivity index (χ0n) is 10.6. The van der Waals surface area contributed by atoms with Gasteiger partial charge in [0.25, 0.3) is 11.5 Å². The zero-order chi connectivity index (χ0) is 14.1. The number of fused-ring (bicyclic) bond motifs is 3. The van der Waals surface area contributed by atoms with Gasteiger partial charge in [-0.2, -0.15) is 0 Å². The van der Waals surface area contributed by atoms with Crippen molar-refractivity contribution in [1.29, 1.82) is 0 Å². The number of hydroxylamine groups is 1. The third kappa shape index (κ3) is 1.97. The summed E-state index contributed by atoms with van der Waals surface area (Å²) in [6, 6.07) is 7.47. The van der Waals surface area contributed by atoms with Crippen molar-refractivity contribution < 1.29 is 9.63 Å². The lowest BCUT2D eigenvalue weighted by Gasteiger charge is -2.03. The van der Waals surface area contributed by atoms with E-state index in [9.17, 15) is 9.59 Å². The fourth-order valence-electron chi connectivity index (χ4n) is 1.90. The number of nitrogens with zero attached hydrogens (tertiary/aromatic N) is 2. The first-order valence-electron chi connectivity index (χ1n) is 6.04. The SMILES string of the molecule is CCONC(=O)c1cnc2sc3ccccc3n2c1=O. The maximum Gasteiger partial charge on any atom is 0.282 e. The summed E-state index contributed by atoms with van der Waals surface area (Å²) in [5.41, 5.74) is 2.51. The molecular formula is C13H11N3O3S. The highest BCUT2D eigenvalue weighted by Crippen LogP contribution is 2.23. The number of benzene rings is 1. The van der Waals surface area contributed by atoms with Crippen molar-refractivity contribution in [2.24, 2.45) is 0 Å². The molecule has 1 N–H and O–H groups in total. The standard InChI is InChI=1S/C13H11N3O3S/c1-2-19-15-11(17)8-7-14-13-16(12(8)18)9-5-3-4-6-10(9)20-13/h3-7H,2H2,1H3,(H,15,17). The van der Waals surface area contributed by atoms with Gasteiger partial charge >= 0.3 is 0 Å². The molecule has 0 spiro atoms. The summed E-state index contributed by atoms with van der Waals surface area (Å²) in [4.78, 5) is 33.8. The van der Waals surface area contributed by atoms with Crippen molar-refractivity contribution in [3.8, 4) is 0 Å². The Morgan fingerprint density at radius 3 is 3.05 bits per heavy atom. The highest BCUT2D eigenvalue weighted by atomic mass is 32.1. The van der Waals surface area contributed by atoms with E-state index in [0.717, 1.165) is 10.2 Å². The van der Waals surface area contributed by atoms with Crippen molar-refractivity contribution in [3.63, 3.8) is 0 Å². The number of hydrogen-bond acceptors (Lipinski definition) is 5. The largest absolute Gasteiger partial charge is 0.282 e. The molecular weight excluding hydrogens is 278 g/mol. The van der Waals surface area contributed by atoms with Crippen LogP contribution in [0.1, 0.15) is 17.3 Å². The minimum Gasteiger partial charge on any atom is -0.274 e. The first-order valence-corrected chi connectivity index (χ1v) is 6.85. The van der Waals surface area contributed by atoms with Crippen molar-refractivity contribution in [2.45, 2.75) is 6.92 Å². The highest BCUT2D eigenvalue weighted by molar-refractivity contribution is 7.23. The van der Waals surface area contributed by atoms with Crippen LogP contribution in [-0.2, 0) is 4.84 Å². The molecule has 3 rings (SSSR count). The number of carbonyl (C=O) groups is 1. The number of para-hydroxylation sites is 1. The maximum absolute atomic E-state index is 12.4. The molecule has 1 aromatic carbocycles. The van der Waals surface area contributed by atoms with Crippen molar-refractivity contribution >= 4 is 32.4 Å². The molecule has 0 unspecified atom stereocenters. The summed E-state index contributed by atoms with van der Waals surface area (Å²) in [5.74, 6) is -0.589. The molecule has 0 aliphatic heterocycles. The van der Waals surface area contributed by atoms with E-state index in [0.29, 0.717) is 11.6 Å². The van der Waals surface area contributed by atoms with Gasteiger partial charge in [0.05, 0.1) is 16.8 Å². The molecule has 102 valence electrons. The summed E-state index contributed by atoms with van der Waals surface area (Å²) in [5, 5.41) is 0. The summed E-state index contributed by atoms with van der Waals surface area (Å²) in [7, 11) is 0. The molecule has 0 fully saturated rings. The summed E-state index contributed by atoms with van der Waals surface area (Å²) < 4.78 is 2.39. The van der Waals surface area contributed by atoms with Gasteiger partial charge in [-0.15, -0.1) is 0 Å². The number of rotatable bonds is 3. The van der Waals surface area contributed by atoms with Crippen LogP contribution >= 0.6 is 11.3 Å². The fraction of sp³-hybridized carbons (Fsp3) is 0.154. The topological polar surface area (TPSA) is 72.7 Å². The third-order valence-corrected chi connectivity index (χ3v) is 3.83. The van der Waals surface area contributed by atoms with E-state index in [2.05, 4.69) is 10.5 Å². The number of thiazole rings is 1. The minimum atomic E-state index is -0.589. The summed E-state index contributed by atoms with van der Waals surface area (Å²) >= 11 is 1.40. The average molecular weight is 289 g/mol. The predicted octanol–water partition coefficient (Wildman–Crippen LogP) is 1.59. The zero-order valence-corrected chi connectivity index (χ0v) is 11.4. The van der Waals surface area contributed by atoms with Crippen molar-refractivity contribution in [3.05, 3.63) is 46.4 Å². The van der Waals surface area contributed by atoms with Crippen molar-refractivity contribution in [1.82, 2.24) is 14.9 Å². The van der Waals surface area contributed by atoms with Crippen LogP contribution in [0.3, 0.4) is 0 Å². The van der Waals surface area contributed by atoms with Gasteiger partial charge in [-0.1, -0.05) is 23.5 Å². The van der Waals surface area contributed by atoms with Gasteiger partial charge in [-0.25, -0.2) is 10.5 Å². The Hall–Kier alpha value is -2.25. The van der Waals surface area contributed by atoms with Gasteiger partial charge in [0.2, 0.25) is 0 Å². The first-order chi connectivity index (χ1) is 9.72. The van der Waals surface area contributed by atoms with E-state index in [1.807, 2.05) is 24.3 Å². The van der Waals surface area contributed by atoms with E-state index in [1.54, 1.807) is 6.92 Å². The van der Waals surface area contributed by atoms with Crippen LogP contribution in [-0.4, -0.2) is 21.9 Å². The quantitative estimate of drug-likeness (QED) is 0.743. The molecule has 0 saturated carbocycles. The molecule has 1 amide bonds. The van der Waals surface area contributed by atoms with Gasteiger partial charge in [-0.3, -0.25) is 18.8 Å². The molecule has 0 atom stereocenters. The Balaban J connectivity index is 2.22. The molecule has 0 aliphatic rings. The Labute approximate surface area is 117 Å². The smallest absolute Gasteiger partial charge is 0.274 e. The number of carbonyl (C=O) groups excluding carboxylic acids is 1. The molecule has 2 heterocycles. The second-order valence-electron chi connectivity index (χ2n) is 4.03. The highest BCUT2D eigenvalue weighted by Gasteiger charge is 2.16. The Bertz CT molecular complexity index is 853. The van der Waals surface area contributed by atoms with E-state index in [-0.39, 0.29) is 5.56 Å². The van der Waals surface area contributed by atoms with Gasteiger partial charge in [-0.05, 0) is 19.1 Å². The molecule has 2 aromatic heterocycles. The number of hydrogen-bond donors (Lipinski definition) is 1. The van der Waals surface area contributed by atoms with Crippen LogP contribution in [0.15, 0.2) is 35.3 Å². The number of amides is 1. The van der Waals surface area contributed by atoms with Crippen LogP contribution < -0.4 is 11.0 Å². The lowest BCUT2D eigenvalue weighted by atomic mass is 10.3.